The van der Waals surface area contributed by atoms with Crippen LogP contribution in [0.25, 0.3) is 10.9 Å². The Kier molecular flexibility index (Phi) is 5.71. The quantitative estimate of drug-likeness (QED) is 0.427. The average Bonchev–Trinajstić information content (AvgIpc) is 3.23. The van der Waals surface area contributed by atoms with Crippen LogP contribution in [0.15, 0.2) is 60.8 Å². The Morgan fingerprint density at radius 1 is 0.710 bits per heavy atom. The highest BCUT2D eigenvalue weighted by Gasteiger charge is 2.26. The molecule has 1 unspecified atom stereocenters. The number of ether oxygens (including phenoxy) is 4. The van der Waals surface area contributed by atoms with E-state index in [0.29, 0.717) is 17.2 Å². The molecule has 0 fully saturated rings. The van der Waals surface area contributed by atoms with Gasteiger partial charge in [0.25, 0.3) is 0 Å². The van der Waals surface area contributed by atoms with Gasteiger partial charge in [-0.1, -0.05) is 24.3 Å². The molecule has 4 rings (SSSR count). The van der Waals surface area contributed by atoms with Gasteiger partial charge in [-0.05, 0) is 35.4 Å². The Morgan fingerprint density at radius 3 is 2.06 bits per heavy atom. The molecule has 0 aliphatic rings. The summed E-state index contributed by atoms with van der Waals surface area (Å²) in [7, 11) is 6.22. The standard InChI is InChI=1S/C25H24FNO4/c1-28-21-10-9-15(11-19(21)26)25(18-14-27-20-8-6-5-7-16(18)20)17-12-23(30-3)24(31-4)13-22(17)29-2/h5-14,25,27H,1-4H3. The zero-order chi connectivity index (χ0) is 22.0. The summed E-state index contributed by atoms with van der Waals surface area (Å²) in [6, 6.07) is 16.7. The number of fused-ring (bicyclic) bond motifs is 1. The maximum atomic E-state index is 14.7. The number of hydrogen-bond acceptors (Lipinski definition) is 4. The van der Waals surface area contributed by atoms with Crippen LogP contribution in [0.4, 0.5) is 4.39 Å². The van der Waals surface area contributed by atoms with Crippen molar-refractivity contribution in [2.45, 2.75) is 5.92 Å². The summed E-state index contributed by atoms with van der Waals surface area (Å²) < 4.78 is 36.5. The van der Waals surface area contributed by atoms with Crippen molar-refractivity contribution in [2.75, 3.05) is 28.4 Å². The smallest absolute Gasteiger partial charge is 0.165 e. The molecular formula is C25H24FNO4. The molecule has 0 saturated carbocycles. The predicted octanol–water partition coefficient (Wildman–Crippen LogP) is 5.52. The number of nitrogens with one attached hydrogen (secondary N) is 1. The number of benzene rings is 3. The normalized spacial score (nSPS) is 11.9. The molecule has 1 heterocycles. The van der Waals surface area contributed by atoms with E-state index in [0.717, 1.165) is 27.6 Å². The van der Waals surface area contributed by atoms with Gasteiger partial charge in [0.15, 0.2) is 23.1 Å². The minimum absolute atomic E-state index is 0.195. The summed E-state index contributed by atoms with van der Waals surface area (Å²) in [5, 5.41) is 1.04. The Hall–Kier alpha value is -3.67. The highest BCUT2D eigenvalue weighted by molar-refractivity contribution is 5.85. The summed E-state index contributed by atoms with van der Waals surface area (Å²) in [4.78, 5) is 3.32. The van der Waals surface area contributed by atoms with Crippen molar-refractivity contribution in [3.63, 3.8) is 0 Å². The average molecular weight is 421 g/mol. The molecule has 31 heavy (non-hydrogen) atoms. The topological polar surface area (TPSA) is 52.7 Å². The van der Waals surface area contributed by atoms with Crippen molar-refractivity contribution >= 4 is 10.9 Å². The van der Waals surface area contributed by atoms with Gasteiger partial charge in [-0.15, -0.1) is 0 Å². The van der Waals surface area contributed by atoms with Gasteiger partial charge in [-0.3, -0.25) is 0 Å². The van der Waals surface area contributed by atoms with Gasteiger partial charge in [0, 0.05) is 34.6 Å². The van der Waals surface area contributed by atoms with Crippen LogP contribution >= 0.6 is 0 Å². The second kappa shape index (κ2) is 8.60. The lowest BCUT2D eigenvalue weighted by Crippen LogP contribution is -2.07. The Morgan fingerprint density at radius 2 is 1.39 bits per heavy atom. The van der Waals surface area contributed by atoms with Gasteiger partial charge < -0.3 is 23.9 Å². The minimum Gasteiger partial charge on any atom is -0.496 e. The van der Waals surface area contributed by atoms with Gasteiger partial charge in [0.2, 0.25) is 0 Å². The molecule has 1 N–H and O–H groups in total. The number of hydrogen-bond donors (Lipinski definition) is 1. The van der Waals surface area contributed by atoms with Gasteiger partial charge >= 0.3 is 0 Å². The molecule has 6 heteroatoms. The number of halogens is 1. The van der Waals surface area contributed by atoms with Crippen molar-refractivity contribution in [3.05, 3.63) is 83.3 Å². The molecule has 0 aliphatic carbocycles. The molecule has 0 radical (unpaired) electrons. The fourth-order valence-electron chi connectivity index (χ4n) is 4.00. The number of aromatic amines is 1. The fourth-order valence-corrected chi connectivity index (χ4v) is 4.00. The number of para-hydroxylation sites is 1. The van der Waals surface area contributed by atoms with E-state index in [-0.39, 0.29) is 11.7 Å². The Labute approximate surface area is 180 Å². The van der Waals surface area contributed by atoms with E-state index in [1.807, 2.05) is 42.6 Å². The Bertz CT molecular complexity index is 1220. The number of methoxy groups -OCH3 is 4. The van der Waals surface area contributed by atoms with E-state index in [9.17, 15) is 4.39 Å². The molecule has 1 aromatic heterocycles. The van der Waals surface area contributed by atoms with E-state index < -0.39 is 5.82 Å². The second-order valence-electron chi connectivity index (χ2n) is 7.07. The van der Waals surface area contributed by atoms with Crippen LogP contribution in [0.2, 0.25) is 0 Å². The minimum atomic E-state index is -0.427. The third-order valence-corrected chi connectivity index (χ3v) is 5.49. The van der Waals surface area contributed by atoms with Crippen LogP contribution < -0.4 is 18.9 Å². The summed E-state index contributed by atoms with van der Waals surface area (Å²) >= 11 is 0. The maximum Gasteiger partial charge on any atom is 0.165 e. The third kappa shape index (κ3) is 3.65. The van der Waals surface area contributed by atoms with Gasteiger partial charge in [0.1, 0.15) is 5.75 Å². The molecule has 0 amide bonds. The third-order valence-electron chi connectivity index (χ3n) is 5.49. The highest BCUT2D eigenvalue weighted by atomic mass is 19.1. The predicted molar refractivity (Wildman–Crippen MR) is 118 cm³/mol. The molecule has 0 bridgehead atoms. The first-order chi connectivity index (χ1) is 15.1. The monoisotopic (exact) mass is 421 g/mol. The van der Waals surface area contributed by atoms with E-state index in [1.165, 1.54) is 13.2 Å². The lowest BCUT2D eigenvalue weighted by Gasteiger charge is -2.23. The van der Waals surface area contributed by atoms with Gasteiger partial charge in [-0.2, -0.15) is 0 Å². The van der Waals surface area contributed by atoms with Crippen LogP contribution in [-0.4, -0.2) is 33.4 Å². The number of rotatable bonds is 7. The fraction of sp³-hybridized carbons (Fsp3) is 0.200. The summed E-state index contributed by atoms with van der Waals surface area (Å²) in [5.74, 6) is 1.18. The van der Waals surface area contributed by atoms with Crippen molar-refractivity contribution in [1.29, 1.82) is 0 Å². The van der Waals surface area contributed by atoms with Crippen LogP contribution in [0, 0.1) is 5.82 Å². The number of H-pyrrole nitrogens is 1. The molecule has 1 atom stereocenters. The first kappa shape index (κ1) is 20.6. The second-order valence-corrected chi connectivity index (χ2v) is 7.07. The van der Waals surface area contributed by atoms with Crippen molar-refractivity contribution in [3.8, 4) is 23.0 Å². The summed E-state index contributed by atoms with van der Waals surface area (Å²) in [6.45, 7) is 0. The largest absolute Gasteiger partial charge is 0.496 e. The van der Waals surface area contributed by atoms with E-state index in [1.54, 1.807) is 33.5 Å². The Balaban J connectivity index is 2.01. The van der Waals surface area contributed by atoms with Crippen LogP contribution in [-0.2, 0) is 0 Å². The number of aromatic nitrogens is 1. The zero-order valence-corrected chi connectivity index (χ0v) is 17.9. The lowest BCUT2D eigenvalue weighted by atomic mass is 9.84. The van der Waals surface area contributed by atoms with Crippen molar-refractivity contribution < 1.29 is 23.3 Å². The molecule has 160 valence electrons. The van der Waals surface area contributed by atoms with E-state index in [2.05, 4.69) is 4.98 Å². The van der Waals surface area contributed by atoms with Crippen LogP contribution in [0.1, 0.15) is 22.6 Å². The van der Waals surface area contributed by atoms with Crippen molar-refractivity contribution in [2.24, 2.45) is 0 Å². The summed E-state index contributed by atoms with van der Waals surface area (Å²) in [6.07, 6.45) is 1.95. The highest BCUT2D eigenvalue weighted by Crippen LogP contribution is 2.45. The molecule has 5 nitrogen and oxygen atoms in total. The maximum absolute atomic E-state index is 14.7. The van der Waals surface area contributed by atoms with Gasteiger partial charge in [0.05, 0.1) is 28.4 Å². The SMILES string of the molecule is COc1ccc(C(c2cc(OC)c(OC)cc2OC)c2c[nH]c3ccccc23)cc1F. The zero-order valence-electron chi connectivity index (χ0n) is 17.9. The van der Waals surface area contributed by atoms with Gasteiger partial charge in [-0.25, -0.2) is 4.39 Å². The van der Waals surface area contributed by atoms with Crippen molar-refractivity contribution in [1.82, 2.24) is 4.98 Å². The summed E-state index contributed by atoms with van der Waals surface area (Å²) in [5.41, 5.74) is 3.57. The molecule has 0 spiro atoms. The first-order valence-corrected chi connectivity index (χ1v) is 9.80. The van der Waals surface area contributed by atoms with Crippen LogP contribution in [0.5, 0.6) is 23.0 Å². The molecule has 4 aromatic rings. The lowest BCUT2D eigenvalue weighted by molar-refractivity contribution is 0.347. The van der Waals surface area contributed by atoms with E-state index in [4.69, 9.17) is 18.9 Å². The molecule has 0 saturated heterocycles. The molecular weight excluding hydrogens is 397 g/mol. The molecule has 3 aromatic carbocycles. The van der Waals surface area contributed by atoms with E-state index >= 15 is 0 Å². The first-order valence-electron chi connectivity index (χ1n) is 9.80. The molecule has 0 aliphatic heterocycles. The van der Waals surface area contributed by atoms with Crippen LogP contribution in [0.3, 0.4) is 0 Å².